The van der Waals surface area contributed by atoms with Gasteiger partial charge in [0.1, 0.15) is 5.69 Å². The molecule has 0 saturated heterocycles. The minimum absolute atomic E-state index is 0.107. The molecule has 0 aliphatic heterocycles. The number of hydrogen-bond donors (Lipinski definition) is 1. The molecule has 0 fully saturated rings. The summed E-state index contributed by atoms with van der Waals surface area (Å²) in [7, 11) is 0. The van der Waals surface area contributed by atoms with Crippen molar-refractivity contribution >= 4 is 11.4 Å². The minimum atomic E-state index is -0.107. The molecule has 0 aliphatic carbocycles. The zero-order valence-electron chi connectivity index (χ0n) is 10.9. The number of aromatic nitrogens is 4. The molecule has 0 atom stereocenters. The van der Waals surface area contributed by atoms with Crippen LogP contribution in [0.1, 0.15) is 16.9 Å². The van der Waals surface area contributed by atoms with Crippen molar-refractivity contribution in [3.05, 3.63) is 54.9 Å². The number of pyridine rings is 1. The lowest BCUT2D eigenvalue weighted by Crippen LogP contribution is -2.27. The summed E-state index contributed by atoms with van der Waals surface area (Å²) in [5.74, 6) is -0.107. The molecule has 1 amide bonds. The van der Waals surface area contributed by atoms with Gasteiger partial charge in [0.2, 0.25) is 0 Å². The van der Waals surface area contributed by atoms with Gasteiger partial charge < -0.3 is 9.88 Å². The van der Waals surface area contributed by atoms with E-state index in [0.717, 1.165) is 18.5 Å². The molecule has 0 unspecified atom stereocenters. The van der Waals surface area contributed by atoms with Crippen molar-refractivity contribution in [1.82, 2.24) is 24.5 Å². The second kappa shape index (κ2) is 5.56. The molecule has 0 spiro atoms. The molecule has 0 aromatic carbocycles. The van der Waals surface area contributed by atoms with Gasteiger partial charge in [-0.3, -0.25) is 4.79 Å². The molecule has 102 valence electrons. The van der Waals surface area contributed by atoms with E-state index in [1.807, 2.05) is 29.0 Å². The van der Waals surface area contributed by atoms with Crippen molar-refractivity contribution in [3.63, 3.8) is 0 Å². The highest BCUT2D eigenvalue weighted by atomic mass is 16.1. The summed E-state index contributed by atoms with van der Waals surface area (Å²) in [5.41, 5.74) is 1.46. The summed E-state index contributed by atoms with van der Waals surface area (Å²) in [4.78, 5) is 16.1. The number of carbonyl (C=O) groups excluding carboxylic acids is 1. The lowest BCUT2D eigenvalue weighted by Gasteiger charge is -2.07. The van der Waals surface area contributed by atoms with Crippen LogP contribution in [0.4, 0.5) is 0 Å². The predicted molar refractivity (Wildman–Crippen MR) is 74.4 cm³/mol. The molecule has 3 aromatic rings. The van der Waals surface area contributed by atoms with Crippen LogP contribution in [-0.2, 0) is 6.54 Å². The smallest absolute Gasteiger partial charge is 0.269 e. The molecule has 3 rings (SSSR count). The Morgan fingerprint density at radius 2 is 2.20 bits per heavy atom. The van der Waals surface area contributed by atoms with Gasteiger partial charge in [0.05, 0.1) is 18.0 Å². The third kappa shape index (κ3) is 2.54. The largest absolute Gasteiger partial charge is 0.351 e. The average Bonchev–Trinajstić information content (AvgIpc) is 3.13. The first-order valence-corrected chi connectivity index (χ1v) is 6.51. The van der Waals surface area contributed by atoms with Crippen LogP contribution in [0.15, 0.2) is 49.2 Å². The molecule has 1 N–H and O–H groups in total. The normalized spacial score (nSPS) is 10.8. The molecule has 0 aliphatic rings. The molecule has 0 saturated carbocycles. The molecule has 0 bridgehead atoms. The summed E-state index contributed by atoms with van der Waals surface area (Å²) < 4.78 is 3.63. The number of fused-ring (bicyclic) bond motifs is 1. The number of nitrogens with zero attached hydrogens (tertiary/aromatic N) is 4. The highest BCUT2D eigenvalue weighted by Gasteiger charge is 2.09. The number of amides is 1. The van der Waals surface area contributed by atoms with Gasteiger partial charge in [-0.2, -0.15) is 5.10 Å². The van der Waals surface area contributed by atoms with Gasteiger partial charge in [-0.05, 0) is 24.6 Å². The van der Waals surface area contributed by atoms with E-state index in [2.05, 4.69) is 15.4 Å². The fourth-order valence-corrected chi connectivity index (χ4v) is 2.09. The number of nitrogens with one attached hydrogen (secondary N) is 1. The molecular formula is C14H15N5O. The van der Waals surface area contributed by atoms with Crippen LogP contribution >= 0.6 is 0 Å². The Morgan fingerprint density at radius 1 is 1.25 bits per heavy atom. The summed E-state index contributed by atoms with van der Waals surface area (Å²) in [5, 5.41) is 7.06. The molecule has 6 heteroatoms. The third-order valence-electron chi connectivity index (χ3n) is 3.09. The highest BCUT2D eigenvalue weighted by molar-refractivity contribution is 5.93. The average molecular weight is 269 g/mol. The summed E-state index contributed by atoms with van der Waals surface area (Å²) in [6.07, 6.45) is 7.97. The third-order valence-corrected chi connectivity index (χ3v) is 3.09. The SMILES string of the molecule is O=C(NCCCn1ccnc1)c1cccc2ccnn12. The fourth-order valence-electron chi connectivity index (χ4n) is 2.09. The quantitative estimate of drug-likeness (QED) is 0.711. The van der Waals surface area contributed by atoms with Crippen LogP contribution < -0.4 is 5.32 Å². The second-order valence-corrected chi connectivity index (χ2v) is 4.49. The van der Waals surface area contributed by atoms with Crippen LogP contribution in [0, 0.1) is 0 Å². The number of rotatable bonds is 5. The van der Waals surface area contributed by atoms with E-state index in [0.29, 0.717) is 12.2 Å². The molecule has 20 heavy (non-hydrogen) atoms. The van der Waals surface area contributed by atoms with Crippen molar-refractivity contribution in [2.75, 3.05) is 6.54 Å². The van der Waals surface area contributed by atoms with E-state index in [1.165, 1.54) is 0 Å². The Kier molecular flexibility index (Phi) is 3.45. The van der Waals surface area contributed by atoms with Crippen LogP contribution in [0.3, 0.4) is 0 Å². The van der Waals surface area contributed by atoms with Gasteiger partial charge in [-0.15, -0.1) is 0 Å². The van der Waals surface area contributed by atoms with E-state index >= 15 is 0 Å². The summed E-state index contributed by atoms with van der Waals surface area (Å²) in [6.45, 7) is 1.46. The standard InChI is InChI=1S/C14H15N5O/c20-14(16-6-2-9-18-10-8-15-11-18)13-4-1-3-12-5-7-17-19(12)13/h1,3-5,7-8,10-11H,2,6,9H2,(H,16,20). The van der Waals surface area contributed by atoms with Crippen molar-refractivity contribution in [2.24, 2.45) is 0 Å². The molecule has 3 heterocycles. The van der Waals surface area contributed by atoms with Gasteiger partial charge in [-0.1, -0.05) is 6.07 Å². The second-order valence-electron chi connectivity index (χ2n) is 4.49. The van der Waals surface area contributed by atoms with E-state index in [9.17, 15) is 4.79 Å². The van der Waals surface area contributed by atoms with Gasteiger partial charge in [0.15, 0.2) is 0 Å². The lowest BCUT2D eigenvalue weighted by atomic mass is 10.3. The van der Waals surface area contributed by atoms with Crippen molar-refractivity contribution < 1.29 is 4.79 Å². The molecule has 6 nitrogen and oxygen atoms in total. The zero-order chi connectivity index (χ0) is 13.8. The number of aryl methyl sites for hydroxylation is 1. The maximum Gasteiger partial charge on any atom is 0.269 e. The van der Waals surface area contributed by atoms with Gasteiger partial charge >= 0.3 is 0 Å². The van der Waals surface area contributed by atoms with Crippen LogP contribution in [0.2, 0.25) is 0 Å². The molecular weight excluding hydrogens is 254 g/mol. The predicted octanol–water partition coefficient (Wildman–Crippen LogP) is 1.35. The van der Waals surface area contributed by atoms with E-state index in [1.54, 1.807) is 29.3 Å². The topological polar surface area (TPSA) is 64.2 Å². The van der Waals surface area contributed by atoms with E-state index in [-0.39, 0.29) is 5.91 Å². The minimum Gasteiger partial charge on any atom is -0.351 e. The molecule has 3 aromatic heterocycles. The Hall–Kier alpha value is -2.63. The van der Waals surface area contributed by atoms with E-state index < -0.39 is 0 Å². The van der Waals surface area contributed by atoms with Crippen LogP contribution in [0.5, 0.6) is 0 Å². The number of carbonyl (C=O) groups is 1. The van der Waals surface area contributed by atoms with Crippen molar-refractivity contribution in [1.29, 1.82) is 0 Å². The van der Waals surface area contributed by atoms with Crippen LogP contribution in [-0.4, -0.2) is 31.6 Å². The summed E-state index contributed by atoms with van der Waals surface area (Å²) >= 11 is 0. The maximum atomic E-state index is 12.1. The monoisotopic (exact) mass is 269 g/mol. The van der Waals surface area contributed by atoms with Crippen LogP contribution in [0.25, 0.3) is 5.52 Å². The van der Waals surface area contributed by atoms with Crippen molar-refractivity contribution in [2.45, 2.75) is 13.0 Å². The Bertz CT molecular complexity index is 701. The Balaban J connectivity index is 1.58. The lowest BCUT2D eigenvalue weighted by molar-refractivity contribution is 0.0945. The highest BCUT2D eigenvalue weighted by Crippen LogP contribution is 2.06. The zero-order valence-corrected chi connectivity index (χ0v) is 10.9. The first-order chi connectivity index (χ1) is 9.84. The number of hydrogen-bond acceptors (Lipinski definition) is 3. The Morgan fingerprint density at radius 3 is 3.05 bits per heavy atom. The van der Waals surface area contributed by atoms with Crippen molar-refractivity contribution in [3.8, 4) is 0 Å². The van der Waals surface area contributed by atoms with E-state index in [4.69, 9.17) is 0 Å². The Labute approximate surface area is 116 Å². The molecule has 0 radical (unpaired) electrons. The maximum absolute atomic E-state index is 12.1. The summed E-state index contributed by atoms with van der Waals surface area (Å²) in [6, 6.07) is 7.42. The first-order valence-electron chi connectivity index (χ1n) is 6.51. The number of imidazole rings is 1. The van der Waals surface area contributed by atoms with Gasteiger partial charge in [0.25, 0.3) is 5.91 Å². The van der Waals surface area contributed by atoms with Gasteiger partial charge in [-0.25, -0.2) is 9.50 Å². The van der Waals surface area contributed by atoms with Gasteiger partial charge in [0, 0.05) is 25.5 Å². The fraction of sp³-hybridized carbons (Fsp3) is 0.214. The first kappa shape index (κ1) is 12.4.